The quantitative estimate of drug-likeness (QED) is 0.154. The number of likely N-dealkylation sites (tertiary alicyclic amines) is 1. The van der Waals surface area contributed by atoms with E-state index in [0.29, 0.717) is 12.1 Å². The van der Waals surface area contributed by atoms with Crippen molar-refractivity contribution in [1.29, 1.82) is 0 Å². The van der Waals surface area contributed by atoms with Crippen molar-refractivity contribution in [2.75, 3.05) is 31.5 Å². The highest BCUT2D eigenvalue weighted by atomic mass is 35.5. The molecule has 0 unspecified atom stereocenters. The summed E-state index contributed by atoms with van der Waals surface area (Å²) in [5.41, 5.74) is 3.29. The predicted molar refractivity (Wildman–Crippen MR) is 169 cm³/mol. The van der Waals surface area contributed by atoms with Gasteiger partial charge in [-0.25, -0.2) is 9.18 Å². The van der Waals surface area contributed by atoms with Crippen LogP contribution in [-0.4, -0.2) is 48.4 Å². The van der Waals surface area contributed by atoms with Gasteiger partial charge in [-0.2, -0.15) is 0 Å². The minimum Gasteiger partial charge on any atom is -0.506 e. The third-order valence-electron chi connectivity index (χ3n) is 7.81. The van der Waals surface area contributed by atoms with Crippen LogP contribution in [0.5, 0.6) is 5.75 Å². The van der Waals surface area contributed by atoms with Crippen LogP contribution in [0.3, 0.4) is 0 Å². The first kappa shape index (κ1) is 31.8. The zero-order valence-electron chi connectivity index (χ0n) is 24.3. The first-order valence-corrected chi connectivity index (χ1v) is 15.6. The highest BCUT2D eigenvalue weighted by Gasteiger charge is 2.22. The SMILES string of the molecule is O=C(Nc1ccccc1-c1ccccc1)OC1CCN(CCCCCCCCCNCc2cc(F)cc(Cl)c2O)CC1. The molecule has 0 atom stereocenters. The van der Waals surface area contributed by atoms with E-state index in [1.54, 1.807) is 0 Å². The van der Waals surface area contributed by atoms with Crippen LogP contribution in [-0.2, 0) is 11.3 Å². The number of amides is 1. The number of halogens is 2. The molecule has 8 heteroatoms. The number of piperidine rings is 1. The zero-order valence-corrected chi connectivity index (χ0v) is 25.1. The van der Waals surface area contributed by atoms with E-state index in [4.69, 9.17) is 16.3 Å². The number of benzene rings is 3. The number of para-hydroxylation sites is 1. The number of anilines is 1. The van der Waals surface area contributed by atoms with E-state index in [9.17, 15) is 14.3 Å². The number of nitrogens with zero attached hydrogens (tertiary/aromatic N) is 1. The van der Waals surface area contributed by atoms with E-state index in [-0.39, 0.29) is 23.0 Å². The van der Waals surface area contributed by atoms with Gasteiger partial charge in [0, 0.05) is 30.8 Å². The fourth-order valence-corrected chi connectivity index (χ4v) is 5.68. The van der Waals surface area contributed by atoms with Crippen molar-refractivity contribution in [3.8, 4) is 16.9 Å². The molecule has 3 aromatic carbocycles. The number of rotatable bonds is 15. The molecule has 0 spiro atoms. The lowest BCUT2D eigenvalue weighted by Gasteiger charge is -2.31. The number of nitrogens with one attached hydrogen (secondary N) is 2. The van der Waals surface area contributed by atoms with Gasteiger partial charge in [0.1, 0.15) is 17.7 Å². The van der Waals surface area contributed by atoms with Crippen molar-refractivity contribution in [2.45, 2.75) is 70.4 Å². The van der Waals surface area contributed by atoms with E-state index in [1.807, 2.05) is 54.6 Å². The molecule has 3 N–H and O–H groups in total. The molecule has 1 saturated heterocycles. The van der Waals surface area contributed by atoms with E-state index >= 15 is 0 Å². The summed E-state index contributed by atoms with van der Waals surface area (Å²) in [6, 6.07) is 20.3. The van der Waals surface area contributed by atoms with Gasteiger partial charge >= 0.3 is 6.09 Å². The Balaban J connectivity index is 1.00. The fraction of sp³-hybridized carbons (Fsp3) is 0.441. The molecule has 6 nitrogen and oxygen atoms in total. The lowest BCUT2D eigenvalue weighted by atomic mass is 10.0. The highest BCUT2D eigenvalue weighted by molar-refractivity contribution is 6.32. The van der Waals surface area contributed by atoms with Gasteiger partial charge in [-0.3, -0.25) is 5.32 Å². The topological polar surface area (TPSA) is 73.8 Å². The van der Waals surface area contributed by atoms with Crippen LogP contribution >= 0.6 is 11.6 Å². The highest BCUT2D eigenvalue weighted by Crippen LogP contribution is 2.29. The maximum absolute atomic E-state index is 13.4. The number of carbonyl (C=O) groups excluding carboxylic acids is 1. The Kier molecular flexibility index (Phi) is 12.9. The van der Waals surface area contributed by atoms with Crippen molar-refractivity contribution in [3.05, 3.63) is 83.1 Å². The Hall–Kier alpha value is -3.13. The van der Waals surface area contributed by atoms with Gasteiger partial charge in [0.2, 0.25) is 0 Å². The molecule has 226 valence electrons. The lowest BCUT2D eigenvalue weighted by Crippen LogP contribution is -2.38. The summed E-state index contributed by atoms with van der Waals surface area (Å²) in [7, 11) is 0. The van der Waals surface area contributed by atoms with Crippen LogP contribution < -0.4 is 10.6 Å². The van der Waals surface area contributed by atoms with Gasteiger partial charge in [-0.1, -0.05) is 92.2 Å². The second-order valence-corrected chi connectivity index (χ2v) is 11.4. The molecule has 0 radical (unpaired) electrons. The summed E-state index contributed by atoms with van der Waals surface area (Å²) < 4.78 is 19.2. The maximum Gasteiger partial charge on any atom is 0.411 e. The first-order valence-electron chi connectivity index (χ1n) is 15.2. The molecule has 0 aliphatic carbocycles. The Morgan fingerprint density at radius 1 is 0.929 bits per heavy atom. The van der Waals surface area contributed by atoms with Crippen LogP contribution in [0.15, 0.2) is 66.7 Å². The number of carbonyl (C=O) groups is 1. The van der Waals surface area contributed by atoms with Crippen LogP contribution in [0.4, 0.5) is 14.9 Å². The molecule has 42 heavy (non-hydrogen) atoms. The molecule has 4 rings (SSSR count). The molecular formula is C34H43ClFN3O3. The third kappa shape index (κ3) is 10.3. The van der Waals surface area contributed by atoms with Crippen molar-refractivity contribution < 1.29 is 19.0 Å². The average molecular weight is 596 g/mol. The summed E-state index contributed by atoms with van der Waals surface area (Å²) >= 11 is 5.82. The van der Waals surface area contributed by atoms with E-state index < -0.39 is 5.82 Å². The lowest BCUT2D eigenvalue weighted by molar-refractivity contribution is 0.0585. The Labute approximate surface area is 254 Å². The van der Waals surface area contributed by atoms with E-state index in [1.165, 1.54) is 38.2 Å². The third-order valence-corrected chi connectivity index (χ3v) is 8.10. The number of unbranched alkanes of at least 4 members (excludes halogenated alkanes) is 6. The average Bonchev–Trinajstić information content (AvgIpc) is 2.99. The molecule has 1 aliphatic heterocycles. The van der Waals surface area contributed by atoms with E-state index in [0.717, 1.165) is 74.7 Å². The first-order chi connectivity index (χ1) is 20.5. The van der Waals surface area contributed by atoms with Crippen molar-refractivity contribution >= 4 is 23.4 Å². The number of aromatic hydroxyl groups is 1. The second-order valence-electron chi connectivity index (χ2n) is 11.0. The zero-order chi connectivity index (χ0) is 29.6. The summed E-state index contributed by atoms with van der Waals surface area (Å²) in [6.07, 6.45) is 9.63. The number of phenols is 1. The van der Waals surface area contributed by atoms with Gasteiger partial charge < -0.3 is 20.1 Å². The minimum atomic E-state index is -0.436. The number of ether oxygens (including phenoxy) is 1. The maximum atomic E-state index is 13.4. The predicted octanol–water partition coefficient (Wildman–Crippen LogP) is 8.39. The molecule has 3 aromatic rings. The molecule has 1 fully saturated rings. The molecule has 0 bridgehead atoms. The largest absolute Gasteiger partial charge is 0.506 e. The van der Waals surface area contributed by atoms with Crippen LogP contribution in [0.2, 0.25) is 5.02 Å². The normalized spacial score (nSPS) is 14.1. The van der Waals surface area contributed by atoms with Crippen molar-refractivity contribution in [3.63, 3.8) is 0 Å². The molecule has 1 heterocycles. The van der Waals surface area contributed by atoms with Crippen molar-refractivity contribution in [1.82, 2.24) is 10.2 Å². The Bertz CT molecular complexity index is 1250. The van der Waals surface area contributed by atoms with Gasteiger partial charge in [0.25, 0.3) is 0 Å². The van der Waals surface area contributed by atoms with Gasteiger partial charge in [-0.05, 0) is 62.5 Å². The van der Waals surface area contributed by atoms with Gasteiger partial charge in [-0.15, -0.1) is 0 Å². The van der Waals surface area contributed by atoms with Gasteiger partial charge in [0.05, 0.1) is 10.7 Å². The standard InChI is InChI=1S/C34H43ClFN3O3/c35-31-24-28(36)23-27(33(31)40)25-37-19-11-4-2-1-3-5-12-20-39-21-17-29(18-22-39)42-34(41)38-32-16-10-9-15-30(32)26-13-7-6-8-14-26/h6-10,13-16,23-24,29,37,40H,1-5,11-12,17-22,25H2,(H,38,41). The summed E-state index contributed by atoms with van der Waals surface area (Å²) in [5, 5.41) is 16.2. The molecular weight excluding hydrogens is 553 g/mol. The summed E-state index contributed by atoms with van der Waals surface area (Å²) in [5.74, 6) is -0.484. The smallest absolute Gasteiger partial charge is 0.411 e. The minimum absolute atomic E-state index is 0.0445. The van der Waals surface area contributed by atoms with Gasteiger partial charge in [0.15, 0.2) is 0 Å². The summed E-state index contributed by atoms with van der Waals surface area (Å²) in [4.78, 5) is 15.1. The Morgan fingerprint density at radius 3 is 2.36 bits per heavy atom. The Morgan fingerprint density at radius 2 is 1.60 bits per heavy atom. The number of hydrogen-bond acceptors (Lipinski definition) is 5. The van der Waals surface area contributed by atoms with Crippen LogP contribution in [0, 0.1) is 5.82 Å². The number of hydrogen-bond donors (Lipinski definition) is 3. The monoisotopic (exact) mass is 595 g/mol. The second kappa shape index (κ2) is 17.1. The van der Waals surface area contributed by atoms with Crippen molar-refractivity contribution in [2.24, 2.45) is 0 Å². The molecule has 0 saturated carbocycles. The summed E-state index contributed by atoms with van der Waals surface area (Å²) in [6.45, 7) is 4.26. The molecule has 1 aliphatic rings. The molecule has 0 aromatic heterocycles. The van der Waals surface area contributed by atoms with Crippen LogP contribution in [0.1, 0.15) is 63.4 Å². The fourth-order valence-electron chi connectivity index (χ4n) is 5.45. The number of phenolic OH excluding ortho intramolecular Hbond substituents is 1. The van der Waals surface area contributed by atoms with E-state index in [2.05, 4.69) is 15.5 Å². The van der Waals surface area contributed by atoms with Crippen LogP contribution in [0.25, 0.3) is 11.1 Å². The molecule has 1 amide bonds.